The highest BCUT2D eigenvalue weighted by atomic mass is 16.2. The summed E-state index contributed by atoms with van der Waals surface area (Å²) in [4.78, 5) is 35.4. The van der Waals surface area contributed by atoms with Crippen molar-refractivity contribution in [1.82, 2.24) is 16.0 Å². The van der Waals surface area contributed by atoms with E-state index in [2.05, 4.69) is 16.0 Å². The van der Waals surface area contributed by atoms with Gasteiger partial charge in [-0.15, -0.1) is 0 Å². The highest BCUT2D eigenvalue weighted by molar-refractivity contribution is 5.92. The van der Waals surface area contributed by atoms with Crippen LogP contribution in [-0.4, -0.2) is 42.9 Å². The quantitative estimate of drug-likeness (QED) is 0.441. The topological polar surface area (TPSA) is 113 Å². The summed E-state index contributed by atoms with van der Waals surface area (Å²) in [5.41, 5.74) is 5.21. The molecule has 0 spiro atoms. The minimum absolute atomic E-state index is 0.222. The maximum absolute atomic E-state index is 12.2. The van der Waals surface area contributed by atoms with Crippen LogP contribution in [0.2, 0.25) is 0 Å². The lowest BCUT2D eigenvalue weighted by Crippen LogP contribution is -2.55. The molecule has 0 aromatic heterocycles. The van der Waals surface area contributed by atoms with E-state index in [1.807, 2.05) is 13.8 Å². The molecular formula is C14H28N4O3. The molecule has 0 heterocycles. The molecule has 0 bridgehead atoms. The summed E-state index contributed by atoms with van der Waals surface area (Å²) in [5.74, 6) is -1.17. The van der Waals surface area contributed by atoms with Crippen molar-refractivity contribution in [3.05, 3.63) is 0 Å². The van der Waals surface area contributed by atoms with Gasteiger partial charge in [-0.05, 0) is 26.3 Å². The molecule has 0 saturated carbocycles. The first-order chi connectivity index (χ1) is 9.90. The van der Waals surface area contributed by atoms with E-state index in [4.69, 9.17) is 5.73 Å². The summed E-state index contributed by atoms with van der Waals surface area (Å²) >= 11 is 0. The molecule has 3 amide bonds. The van der Waals surface area contributed by atoms with Gasteiger partial charge in [0, 0.05) is 0 Å². The van der Waals surface area contributed by atoms with Crippen LogP contribution in [0.3, 0.4) is 0 Å². The SMILES string of the molecule is CCCC(NC(=O)C(CC)NC)C(=O)NC(CC)C(N)=O. The number of hydrogen-bond acceptors (Lipinski definition) is 4. The van der Waals surface area contributed by atoms with Gasteiger partial charge in [-0.2, -0.15) is 0 Å². The Labute approximate surface area is 126 Å². The number of amides is 3. The van der Waals surface area contributed by atoms with E-state index >= 15 is 0 Å². The monoisotopic (exact) mass is 300 g/mol. The first kappa shape index (κ1) is 19.4. The Hall–Kier alpha value is -1.63. The van der Waals surface area contributed by atoms with Gasteiger partial charge in [0.2, 0.25) is 17.7 Å². The smallest absolute Gasteiger partial charge is 0.243 e. The van der Waals surface area contributed by atoms with Crippen LogP contribution in [0.25, 0.3) is 0 Å². The molecule has 0 saturated heterocycles. The van der Waals surface area contributed by atoms with E-state index in [0.717, 1.165) is 6.42 Å². The van der Waals surface area contributed by atoms with Crippen molar-refractivity contribution < 1.29 is 14.4 Å². The lowest BCUT2D eigenvalue weighted by Gasteiger charge is -2.23. The molecule has 0 aromatic carbocycles. The fourth-order valence-electron chi connectivity index (χ4n) is 2.00. The minimum atomic E-state index is -0.708. The average molecular weight is 300 g/mol. The number of likely N-dealkylation sites (N-methyl/N-ethyl adjacent to an activating group) is 1. The molecule has 122 valence electrons. The fourth-order valence-corrected chi connectivity index (χ4v) is 2.00. The number of primary amides is 1. The Morgan fingerprint density at radius 3 is 1.76 bits per heavy atom. The lowest BCUT2D eigenvalue weighted by molar-refractivity contribution is -0.132. The fraction of sp³-hybridized carbons (Fsp3) is 0.786. The van der Waals surface area contributed by atoms with Crippen molar-refractivity contribution in [2.75, 3.05) is 7.05 Å². The normalized spacial score (nSPS) is 14.9. The van der Waals surface area contributed by atoms with Gasteiger partial charge < -0.3 is 21.7 Å². The van der Waals surface area contributed by atoms with Crippen molar-refractivity contribution in [3.8, 4) is 0 Å². The number of carbonyl (C=O) groups is 3. The molecule has 0 aliphatic rings. The zero-order valence-corrected chi connectivity index (χ0v) is 13.4. The Morgan fingerprint density at radius 2 is 1.38 bits per heavy atom. The minimum Gasteiger partial charge on any atom is -0.368 e. The molecule has 21 heavy (non-hydrogen) atoms. The molecule has 0 fully saturated rings. The molecule has 0 rings (SSSR count). The maximum atomic E-state index is 12.2. The van der Waals surface area contributed by atoms with Gasteiger partial charge in [-0.3, -0.25) is 14.4 Å². The number of nitrogens with two attached hydrogens (primary N) is 1. The summed E-state index contributed by atoms with van der Waals surface area (Å²) in [6, 6.07) is -1.70. The predicted molar refractivity (Wildman–Crippen MR) is 81.4 cm³/mol. The van der Waals surface area contributed by atoms with Crippen molar-refractivity contribution in [3.63, 3.8) is 0 Å². The highest BCUT2D eigenvalue weighted by Gasteiger charge is 2.26. The van der Waals surface area contributed by atoms with Gasteiger partial charge in [-0.1, -0.05) is 27.2 Å². The summed E-state index contributed by atoms with van der Waals surface area (Å²) < 4.78 is 0. The van der Waals surface area contributed by atoms with Crippen LogP contribution in [0.5, 0.6) is 0 Å². The first-order valence-corrected chi connectivity index (χ1v) is 7.48. The molecular weight excluding hydrogens is 272 g/mol. The second-order valence-electron chi connectivity index (χ2n) is 4.97. The molecule has 3 unspecified atom stereocenters. The Morgan fingerprint density at radius 1 is 0.905 bits per heavy atom. The van der Waals surface area contributed by atoms with E-state index in [9.17, 15) is 14.4 Å². The third-order valence-electron chi connectivity index (χ3n) is 3.35. The first-order valence-electron chi connectivity index (χ1n) is 7.48. The van der Waals surface area contributed by atoms with Gasteiger partial charge in [0.15, 0.2) is 0 Å². The zero-order valence-electron chi connectivity index (χ0n) is 13.4. The van der Waals surface area contributed by atoms with Gasteiger partial charge in [0.1, 0.15) is 12.1 Å². The summed E-state index contributed by atoms with van der Waals surface area (Å²) in [5, 5.41) is 8.20. The largest absolute Gasteiger partial charge is 0.368 e. The zero-order chi connectivity index (χ0) is 16.4. The summed E-state index contributed by atoms with van der Waals surface area (Å²) in [6.45, 7) is 5.57. The maximum Gasteiger partial charge on any atom is 0.243 e. The third kappa shape index (κ3) is 6.57. The van der Waals surface area contributed by atoms with Gasteiger partial charge in [0.25, 0.3) is 0 Å². The van der Waals surface area contributed by atoms with Crippen LogP contribution < -0.4 is 21.7 Å². The van der Waals surface area contributed by atoms with E-state index in [1.165, 1.54) is 0 Å². The van der Waals surface area contributed by atoms with Crippen LogP contribution in [0.1, 0.15) is 46.5 Å². The van der Waals surface area contributed by atoms with Crippen LogP contribution >= 0.6 is 0 Å². The summed E-state index contributed by atoms with van der Waals surface area (Å²) in [6.07, 6.45) is 2.29. The van der Waals surface area contributed by atoms with Gasteiger partial charge in [0.05, 0.1) is 6.04 Å². The number of hydrogen-bond donors (Lipinski definition) is 4. The predicted octanol–water partition coefficient (Wildman–Crippen LogP) is -0.351. The van der Waals surface area contributed by atoms with Crippen LogP contribution in [0.4, 0.5) is 0 Å². The molecule has 0 radical (unpaired) electrons. The van der Waals surface area contributed by atoms with Gasteiger partial charge >= 0.3 is 0 Å². The Bertz CT molecular complexity index is 356. The molecule has 5 N–H and O–H groups in total. The molecule has 7 heteroatoms. The van der Waals surface area contributed by atoms with E-state index < -0.39 is 18.0 Å². The third-order valence-corrected chi connectivity index (χ3v) is 3.35. The molecule has 0 aromatic rings. The second-order valence-corrected chi connectivity index (χ2v) is 4.97. The molecule has 0 aliphatic carbocycles. The van der Waals surface area contributed by atoms with E-state index in [1.54, 1.807) is 14.0 Å². The number of nitrogens with one attached hydrogen (secondary N) is 3. The van der Waals surface area contributed by atoms with Gasteiger partial charge in [-0.25, -0.2) is 0 Å². The summed E-state index contributed by atoms with van der Waals surface area (Å²) in [7, 11) is 1.70. The Balaban J connectivity index is 4.76. The average Bonchev–Trinajstić information content (AvgIpc) is 2.44. The van der Waals surface area contributed by atoms with Crippen molar-refractivity contribution >= 4 is 17.7 Å². The second kappa shape index (κ2) is 10.1. The lowest BCUT2D eigenvalue weighted by atomic mass is 10.1. The highest BCUT2D eigenvalue weighted by Crippen LogP contribution is 2.01. The Kier molecular flexibility index (Phi) is 9.36. The van der Waals surface area contributed by atoms with Crippen LogP contribution in [-0.2, 0) is 14.4 Å². The van der Waals surface area contributed by atoms with Crippen LogP contribution in [0.15, 0.2) is 0 Å². The number of rotatable bonds is 10. The molecule has 7 nitrogen and oxygen atoms in total. The van der Waals surface area contributed by atoms with E-state index in [0.29, 0.717) is 19.3 Å². The van der Waals surface area contributed by atoms with Crippen molar-refractivity contribution in [1.29, 1.82) is 0 Å². The molecule has 0 aliphatic heterocycles. The van der Waals surface area contributed by atoms with Crippen molar-refractivity contribution in [2.45, 2.75) is 64.6 Å². The van der Waals surface area contributed by atoms with Crippen molar-refractivity contribution in [2.24, 2.45) is 5.73 Å². The number of carbonyl (C=O) groups excluding carboxylic acids is 3. The standard InChI is InChI=1S/C14H28N4O3/c1-5-8-11(18-13(20)10(7-3)16-4)14(21)17-9(6-2)12(15)19/h9-11,16H,5-8H2,1-4H3,(H2,15,19)(H,17,21)(H,18,20). The molecule has 3 atom stereocenters. The van der Waals surface area contributed by atoms with E-state index in [-0.39, 0.29) is 17.9 Å². The van der Waals surface area contributed by atoms with Crippen LogP contribution in [0, 0.1) is 0 Å².